The summed E-state index contributed by atoms with van der Waals surface area (Å²) in [6.45, 7) is 2.45. The summed E-state index contributed by atoms with van der Waals surface area (Å²) in [5.74, 6) is -1.48. The fourth-order valence-electron chi connectivity index (χ4n) is 2.51. The molecule has 4 nitrogen and oxygen atoms in total. The summed E-state index contributed by atoms with van der Waals surface area (Å²) < 4.78 is 32.8. The van der Waals surface area contributed by atoms with Crippen LogP contribution in [0.3, 0.4) is 0 Å². The molecule has 0 spiro atoms. The van der Waals surface area contributed by atoms with Crippen LogP contribution in [-0.4, -0.2) is 17.6 Å². The topological polar surface area (TPSA) is 51.2 Å². The first-order chi connectivity index (χ1) is 12.1. The number of pyridine rings is 1. The van der Waals surface area contributed by atoms with Crippen molar-refractivity contribution in [3.05, 3.63) is 71.4 Å². The van der Waals surface area contributed by atoms with E-state index in [0.29, 0.717) is 24.4 Å². The van der Waals surface area contributed by atoms with E-state index >= 15 is 0 Å². The third-order valence-corrected chi connectivity index (χ3v) is 3.74. The van der Waals surface area contributed by atoms with E-state index in [1.54, 1.807) is 37.3 Å². The van der Waals surface area contributed by atoms with Gasteiger partial charge in [-0.2, -0.15) is 0 Å². The van der Waals surface area contributed by atoms with Crippen LogP contribution < -0.4 is 5.32 Å². The molecule has 0 aliphatic heterocycles. The van der Waals surface area contributed by atoms with Crippen molar-refractivity contribution in [1.82, 2.24) is 4.98 Å². The fourth-order valence-corrected chi connectivity index (χ4v) is 2.51. The number of hydrogen-bond acceptors (Lipinski definition) is 4. The minimum absolute atomic E-state index is 0.0114. The summed E-state index contributed by atoms with van der Waals surface area (Å²) in [5.41, 5.74) is 1.79. The standard InChI is InChI=1S/C19H16F2N2O2/c1-2-25-19(24)13-5-3-12(4-6-13)11-23-16-9-10-22-18-15(21)8-7-14(20)17(16)18/h3-10H,2,11H2,1H3,(H,22,23). The zero-order valence-corrected chi connectivity index (χ0v) is 13.6. The van der Waals surface area contributed by atoms with E-state index in [9.17, 15) is 13.6 Å². The normalized spacial score (nSPS) is 10.7. The summed E-state index contributed by atoms with van der Waals surface area (Å²) in [6, 6.07) is 10.6. The number of esters is 1. The Morgan fingerprint density at radius 3 is 2.52 bits per heavy atom. The molecule has 25 heavy (non-hydrogen) atoms. The maximum Gasteiger partial charge on any atom is 0.338 e. The molecule has 3 rings (SSSR count). The molecule has 2 aromatic carbocycles. The van der Waals surface area contributed by atoms with Gasteiger partial charge in [0.15, 0.2) is 0 Å². The van der Waals surface area contributed by atoms with Gasteiger partial charge in [-0.15, -0.1) is 0 Å². The molecular formula is C19H16F2N2O2. The lowest BCUT2D eigenvalue weighted by Crippen LogP contribution is -2.05. The number of nitrogens with zero attached hydrogens (tertiary/aromatic N) is 1. The maximum absolute atomic E-state index is 14.1. The van der Waals surface area contributed by atoms with Crippen molar-refractivity contribution in [2.24, 2.45) is 0 Å². The van der Waals surface area contributed by atoms with Gasteiger partial charge in [-0.05, 0) is 42.8 Å². The Hall–Kier alpha value is -3.02. The third-order valence-electron chi connectivity index (χ3n) is 3.74. The van der Waals surface area contributed by atoms with Crippen molar-refractivity contribution < 1.29 is 18.3 Å². The molecule has 0 unspecified atom stereocenters. The number of rotatable bonds is 5. The summed E-state index contributed by atoms with van der Waals surface area (Å²) in [5, 5.41) is 3.20. The van der Waals surface area contributed by atoms with Crippen LogP contribution in [0.4, 0.5) is 14.5 Å². The van der Waals surface area contributed by atoms with E-state index in [4.69, 9.17) is 4.74 Å². The highest BCUT2D eigenvalue weighted by molar-refractivity contribution is 5.92. The number of anilines is 1. The van der Waals surface area contributed by atoms with Crippen molar-refractivity contribution in [3.8, 4) is 0 Å². The minimum atomic E-state index is -0.571. The van der Waals surface area contributed by atoms with Crippen LogP contribution >= 0.6 is 0 Å². The first kappa shape index (κ1) is 16.8. The number of carbonyl (C=O) groups excluding carboxylic acids is 1. The summed E-state index contributed by atoms with van der Waals surface area (Å²) in [4.78, 5) is 15.5. The fraction of sp³-hybridized carbons (Fsp3) is 0.158. The van der Waals surface area contributed by atoms with Crippen LogP contribution in [-0.2, 0) is 11.3 Å². The predicted octanol–water partition coefficient (Wildman–Crippen LogP) is 4.30. The second kappa shape index (κ2) is 7.25. The second-order valence-electron chi connectivity index (χ2n) is 5.38. The second-order valence-corrected chi connectivity index (χ2v) is 5.38. The van der Waals surface area contributed by atoms with Gasteiger partial charge in [0.1, 0.15) is 17.2 Å². The Kier molecular flexibility index (Phi) is 4.88. The highest BCUT2D eigenvalue weighted by Gasteiger charge is 2.11. The van der Waals surface area contributed by atoms with E-state index in [1.165, 1.54) is 6.20 Å². The van der Waals surface area contributed by atoms with Crippen LogP contribution in [0.1, 0.15) is 22.8 Å². The highest BCUT2D eigenvalue weighted by atomic mass is 19.1. The number of carbonyl (C=O) groups is 1. The maximum atomic E-state index is 14.1. The molecule has 0 atom stereocenters. The first-order valence-corrected chi connectivity index (χ1v) is 7.82. The molecule has 0 radical (unpaired) electrons. The SMILES string of the molecule is CCOC(=O)c1ccc(CNc2ccnc3c(F)ccc(F)c23)cc1. The third kappa shape index (κ3) is 3.57. The molecular weight excluding hydrogens is 326 g/mol. The average Bonchev–Trinajstić information content (AvgIpc) is 2.63. The van der Waals surface area contributed by atoms with Gasteiger partial charge < -0.3 is 10.1 Å². The van der Waals surface area contributed by atoms with Crippen LogP contribution in [0.5, 0.6) is 0 Å². The van der Waals surface area contributed by atoms with Gasteiger partial charge >= 0.3 is 5.97 Å². The van der Waals surface area contributed by atoms with Crippen molar-refractivity contribution >= 4 is 22.6 Å². The number of nitrogens with one attached hydrogen (secondary N) is 1. The number of hydrogen-bond donors (Lipinski definition) is 1. The molecule has 1 aromatic heterocycles. The van der Waals surface area contributed by atoms with Crippen LogP contribution in [0, 0.1) is 11.6 Å². The molecule has 0 aliphatic rings. The molecule has 0 aliphatic carbocycles. The molecule has 0 bridgehead atoms. The number of halogens is 2. The predicted molar refractivity (Wildman–Crippen MR) is 91.4 cm³/mol. The van der Waals surface area contributed by atoms with Crippen molar-refractivity contribution in [3.63, 3.8) is 0 Å². The lowest BCUT2D eigenvalue weighted by Gasteiger charge is -2.11. The Labute approximate surface area is 143 Å². The average molecular weight is 342 g/mol. The highest BCUT2D eigenvalue weighted by Crippen LogP contribution is 2.26. The Bertz CT molecular complexity index is 911. The van der Waals surface area contributed by atoms with Gasteiger partial charge in [0.2, 0.25) is 0 Å². The van der Waals surface area contributed by atoms with Gasteiger partial charge in [0.25, 0.3) is 0 Å². The van der Waals surface area contributed by atoms with E-state index < -0.39 is 11.6 Å². The van der Waals surface area contributed by atoms with Crippen LogP contribution in [0.2, 0.25) is 0 Å². The Balaban J connectivity index is 1.79. The quantitative estimate of drug-likeness (QED) is 0.702. The van der Waals surface area contributed by atoms with Gasteiger partial charge in [-0.25, -0.2) is 13.6 Å². The molecule has 128 valence electrons. The lowest BCUT2D eigenvalue weighted by atomic mass is 10.1. The Morgan fingerprint density at radius 1 is 1.08 bits per heavy atom. The minimum Gasteiger partial charge on any atom is -0.462 e. The molecule has 6 heteroatoms. The Morgan fingerprint density at radius 2 is 1.80 bits per heavy atom. The summed E-state index contributed by atoms with van der Waals surface area (Å²) in [6.07, 6.45) is 1.43. The van der Waals surface area contributed by atoms with E-state index in [2.05, 4.69) is 10.3 Å². The molecule has 0 saturated carbocycles. The molecule has 1 heterocycles. The van der Waals surface area contributed by atoms with E-state index in [0.717, 1.165) is 17.7 Å². The van der Waals surface area contributed by atoms with Crippen molar-refractivity contribution in [2.75, 3.05) is 11.9 Å². The van der Waals surface area contributed by atoms with Gasteiger partial charge in [0.05, 0.1) is 17.6 Å². The molecule has 0 fully saturated rings. The van der Waals surface area contributed by atoms with Gasteiger partial charge in [-0.3, -0.25) is 4.98 Å². The summed E-state index contributed by atoms with van der Waals surface area (Å²) >= 11 is 0. The number of aromatic nitrogens is 1. The van der Waals surface area contributed by atoms with Crippen LogP contribution in [0.15, 0.2) is 48.7 Å². The number of benzene rings is 2. The molecule has 0 amide bonds. The zero-order valence-electron chi connectivity index (χ0n) is 13.6. The van der Waals surface area contributed by atoms with E-state index in [-0.39, 0.29) is 16.9 Å². The number of ether oxygens (including phenoxy) is 1. The number of fused-ring (bicyclic) bond motifs is 1. The first-order valence-electron chi connectivity index (χ1n) is 7.82. The van der Waals surface area contributed by atoms with Crippen molar-refractivity contribution in [2.45, 2.75) is 13.5 Å². The molecule has 3 aromatic rings. The van der Waals surface area contributed by atoms with Gasteiger partial charge in [-0.1, -0.05) is 12.1 Å². The summed E-state index contributed by atoms with van der Waals surface area (Å²) in [7, 11) is 0. The monoisotopic (exact) mass is 342 g/mol. The van der Waals surface area contributed by atoms with E-state index in [1.807, 2.05) is 0 Å². The largest absolute Gasteiger partial charge is 0.462 e. The zero-order chi connectivity index (χ0) is 17.8. The van der Waals surface area contributed by atoms with Crippen LogP contribution in [0.25, 0.3) is 10.9 Å². The smallest absolute Gasteiger partial charge is 0.338 e. The molecule has 1 N–H and O–H groups in total. The lowest BCUT2D eigenvalue weighted by molar-refractivity contribution is 0.0526. The van der Waals surface area contributed by atoms with Crippen molar-refractivity contribution in [1.29, 1.82) is 0 Å². The van der Waals surface area contributed by atoms with Gasteiger partial charge in [0, 0.05) is 18.4 Å². The molecule has 0 saturated heterocycles.